The molecule has 0 saturated heterocycles. The molecule has 0 spiro atoms. The highest BCUT2D eigenvalue weighted by Crippen LogP contribution is 2.37. The molecule has 106 valence electrons. The Labute approximate surface area is 119 Å². The van der Waals surface area contributed by atoms with E-state index in [4.69, 9.17) is 4.84 Å². The zero-order valence-electron chi connectivity index (χ0n) is 11.7. The lowest BCUT2D eigenvalue weighted by atomic mass is 9.70. The molecule has 4 nitrogen and oxygen atoms in total. The Morgan fingerprint density at radius 1 is 1.45 bits per heavy atom. The van der Waals surface area contributed by atoms with Crippen molar-refractivity contribution in [2.24, 2.45) is 5.41 Å². The number of hydrogen-bond acceptors (Lipinski definition) is 3. The summed E-state index contributed by atoms with van der Waals surface area (Å²) in [5, 5.41) is 0. The fourth-order valence-corrected chi connectivity index (χ4v) is 2.71. The third kappa shape index (κ3) is 2.95. The van der Waals surface area contributed by atoms with E-state index in [-0.39, 0.29) is 5.78 Å². The minimum Gasteiger partial charge on any atom is -0.291 e. The first-order chi connectivity index (χ1) is 9.57. The van der Waals surface area contributed by atoms with Crippen molar-refractivity contribution >= 4 is 5.78 Å². The molecule has 1 fully saturated rings. The van der Waals surface area contributed by atoms with Crippen LogP contribution in [0.1, 0.15) is 32.6 Å². The fourth-order valence-electron chi connectivity index (χ4n) is 2.71. The van der Waals surface area contributed by atoms with Gasteiger partial charge in [-0.15, -0.1) is 6.58 Å². The van der Waals surface area contributed by atoms with E-state index in [9.17, 15) is 9.70 Å². The molecular weight excluding hydrogens is 254 g/mol. The third-order valence-corrected chi connectivity index (χ3v) is 3.89. The van der Waals surface area contributed by atoms with Crippen molar-refractivity contribution in [1.29, 1.82) is 0 Å². The monoisotopic (exact) mass is 274 g/mol. The molecule has 1 aliphatic rings. The molecule has 0 aliphatic heterocycles. The Bertz CT molecular complexity index is 512. The molecule has 1 aromatic carbocycles. The minimum atomic E-state index is -0.728. The zero-order valence-corrected chi connectivity index (χ0v) is 11.7. The highest BCUT2D eigenvalue weighted by Gasteiger charge is 2.49. The topological polar surface area (TPSA) is 46.4 Å². The smallest absolute Gasteiger partial charge is 0.291 e. The van der Waals surface area contributed by atoms with Gasteiger partial charge >= 0.3 is 6.04 Å². The van der Waals surface area contributed by atoms with E-state index in [1.807, 2.05) is 13.0 Å². The highest BCUT2D eigenvalue weighted by molar-refractivity contribution is 5.89. The van der Waals surface area contributed by atoms with Crippen molar-refractivity contribution in [1.82, 2.24) is 0 Å². The van der Waals surface area contributed by atoms with Crippen LogP contribution in [0, 0.1) is 10.3 Å². The number of nitrogens with zero attached hydrogens (tertiary/aromatic N) is 1. The van der Waals surface area contributed by atoms with E-state index in [1.165, 1.54) is 0 Å². The van der Waals surface area contributed by atoms with Crippen LogP contribution in [0.3, 0.4) is 0 Å². The van der Waals surface area contributed by atoms with Crippen LogP contribution in [0.25, 0.3) is 0 Å². The van der Waals surface area contributed by atoms with Crippen molar-refractivity contribution in [2.45, 2.75) is 38.6 Å². The van der Waals surface area contributed by atoms with Crippen LogP contribution in [0.5, 0.6) is 5.75 Å². The Morgan fingerprint density at radius 2 is 2.15 bits per heavy atom. The first-order valence-corrected chi connectivity index (χ1v) is 6.91. The molecule has 0 N–H and O–H groups in total. The van der Waals surface area contributed by atoms with Crippen LogP contribution in [0.15, 0.2) is 43.0 Å². The second kappa shape index (κ2) is 5.99. The van der Waals surface area contributed by atoms with Gasteiger partial charge in [-0.3, -0.25) is 4.79 Å². The molecule has 0 aromatic heterocycles. The van der Waals surface area contributed by atoms with Gasteiger partial charge in [-0.1, -0.05) is 31.2 Å². The van der Waals surface area contributed by atoms with Gasteiger partial charge < -0.3 is 0 Å². The van der Waals surface area contributed by atoms with Gasteiger partial charge in [-0.25, -0.2) is 0 Å². The first kappa shape index (κ1) is 14.4. The van der Waals surface area contributed by atoms with Crippen LogP contribution in [0.4, 0.5) is 0 Å². The minimum absolute atomic E-state index is 0.0467. The van der Waals surface area contributed by atoms with E-state index in [2.05, 4.69) is 6.58 Å². The Morgan fingerprint density at radius 3 is 2.80 bits per heavy atom. The molecule has 1 unspecified atom stereocenters. The summed E-state index contributed by atoms with van der Waals surface area (Å²) in [6.07, 6.45) is 4.53. The lowest BCUT2D eigenvalue weighted by Crippen LogP contribution is -2.46. The molecular formula is C16H20NO3+. The maximum atomic E-state index is 12.5. The number of ketones is 1. The van der Waals surface area contributed by atoms with Gasteiger partial charge in [0.05, 0.1) is 4.91 Å². The summed E-state index contributed by atoms with van der Waals surface area (Å²) < 4.78 is 0. The van der Waals surface area contributed by atoms with Gasteiger partial charge in [-0.05, 0) is 31.4 Å². The van der Waals surface area contributed by atoms with Crippen LogP contribution in [0.2, 0.25) is 0 Å². The van der Waals surface area contributed by atoms with Crippen molar-refractivity contribution < 1.29 is 14.6 Å². The largest absolute Gasteiger partial charge is 0.315 e. The average Bonchev–Trinajstić information content (AvgIpc) is 2.43. The molecule has 1 aromatic rings. The first-order valence-electron chi connectivity index (χ1n) is 6.91. The van der Waals surface area contributed by atoms with Gasteiger partial charge in [0, 0.05) is 11.8 Å². The number of para-hydroxylation sites is 1. The summed E-state index contributed by atoms with van der Waals surface area (Å²) in [5.41, 5.74) is -0.493. The summed E-state index contributed by atoms with van der Waals surface area (Å²) >= 11 is 0. The Hall–Kier alpha value is -1.97. The van der Waals surface area contributed by atoms with E-state index >= 15 is 0 Å². The predicted molar refractivity (Wildman–Crippen MR) is 76.3 cm³/mol. The van der Waals surface area contributed by atoms with Crippen LogP contribution >= 0.6 is 0 Å². The average molecular weight is 274 g/mol. The number of carbonyl (C=O) groups excluding carboxylic acids is 1. The van der Waals surface area contributed by atoms with Crippen LogP contribution in [-0.4, -0.2) is 16.7 Å². The lowest BCUT2D eigenvalue weighted by Gasteiger charge is -2.31. The van der Waals surface area contributed by atoms with Crippen LogP contribution < -0.4 is 4.84 Å². The van der Waals surface area contributed by atoms with E-state index < -0.39 is 11.5 Å². The zero-order chi connectivity index (χ0) is 14.6. The van der Waals surface area contributed by atoms with Crippen molar-refractivity contribution in [3.05, 3.63) is 47.9 Å². The Balaban J connectivity index is 2.09. The molecule has 0 heterocycles. The summed E-state index contributed by atoms with van der Waals surface area (Å²) in [5.74, 6) is 0.404. The van der Waals surface area contributed by atoms with Crippen LogP contribution in [-0.2, 0) is 4.79 Å². The van der Waals surface area contributed by atoms with Gasteiger partial charge in [0.2, 0.25) is 16.5 Å². The van der Waals surface area contributed by atoms with Gasteiger partial charge in [0.1, 0.15) is 0 Å². The number of Topliss-reactive ketones (excluding diaryl/α,β-unsaturated/α-hetero) is 1. The van der Waals surface area contributed by atoms with Gasteiger partial charge in [0.15, 0.2) is 0 Å². The molecule has 2 atom stereocenters. The molecule has 0 bridgehead atoms. The number of benzene rings is 1. The summed E-state index contributed by atoms with van der Waals surface area (Å²) in [6, 6.07) is 8.08. The second-order valence-electron chi connectivity index (χ2n) is 5.52. The SMILES string of the molecule is C=CC[C@]1(C)CCCC([N+](=O)Oc2ccccc2)C1=O. The summed E-state index contributed by atoms with van der Waals surface area (Å²) in [6.45, 7) is 5.60. The third-order valence-electron chi connectivity index (χ3n) is 3.89. The van der Waals surface area contributed by atoms with Crippen molar-refractivity contribution in [3.63, 3.8) is 0 Å². The molecule has 20 heavy (non-hydrogen) atoms. The van der Waals surface area contributed by atoms with Gasteiger partial charge in [-0.2, -0.15) is 4.84 Å². The number of hydrogen-bond donors (Lipinski definition) is 0. The lowest BCUT2D eigenvalue weighted by molar-refractivity contribution is -0.778. The molecule has 4 heteroatoms. The van der Waals surface area contributed by atoms with Crippen molar-refractivity contribution in [3.8, 4) is 5.75 Å². The summed E-state index contributed by atoms with van der Waals surface area (Å²) in [7, 11) is 0. The molecule has 1 aliphatic carbocycles. The quantitative estimate of drug-likeness (QED) is 0.610. The number of carbonyl (C=O) groups is 1. The predicted octanol–water partition coefficient (Wildman–Crippen LogP) is 3.46. The highest BCUT2D eigenvalue weighted by atomic mass is 16.8. The molecule has 0 radical (unpaired) electrons. The second-order valence-corrected chi connectivity index (χ2v) is 5.52. The molecule has 1 saturated carbocycles. The molecule has 2 rings (SSSR count). The molecule has 0 amide bonds. The van der Waals surface area contributed by atoms with Gasteiger partial charge in [0.25, 0.3) is 0 Å². The number of allylic oxidation sites excluding steroid dienone is 1. The number of rotatable bonds is 5. The maximum absolute atomic E-state index is 12.5. The summed E-state index contributed by atoms with van der Waals surface area (Å²) in [4.78, 5) is 30.3. The standard InChI is InChI=1S/C16H20NO3/c1-3-11-16(2)12-7-10-14(15(16)18)17(19)20-13-8-5-4-6-9-13/h3-6,8-9,14H,1,7,10-12H2,2H3/q+1/t14?,16-/m1/s1. The van der Waals surface area contributed by atoms with E-state index in [0.717, 1.165) is 12.8 Å². The Kier molecular flexibility index (Phi) is 4.32. The normalized spacial score (nSPS) is 26.1. The van der Waals surface area contributed by atoms with E-state index in [0.29, 0.717) is 23.5 Å². The maximum Gasteiger partial charge on any atom is 0.315 e. The van der Waals surface area contributed by atoms with E-state index in [1.54, 1.807) is 30.3 Å². The fraction of sp³-hybridized carbons (Fsp3) is 0.438. The van der Waals surface area contributed by atoms with Crippen molar-refractivity contribution in [2.75, 3.05) is 0 Å².